The summed E-state index contributed by atoms with van der Waals surface area (Å²) in [7, 11) is 0. The summed E-state index contributed by atoms with van der Waals surface area (Å²) in [6.45, 7) is 6.83. The molecule has 0 spiro atoms. The Bertz CT molecular complexity index is 751. The number of nitrogens with zero attached hydrogens (tertiary/aromatic N) is 1. The van der Waals surface area contributed by atoms with Gasteiger partial charge in [0.25, 0.3) is 0 Å². The first kappa shape index (κ1) is 26.2. The number of thioether (sulfide) groups is 1. The highest BCUT2D eigenvalue weighted by atomic mass is 32.2. The van der Waals surface area contributed by atoms with Crippen LogP contribution in [0, 0.1) is 11.8 Å². The van der Waals surface area contributed by atoms with Crippen LogP contribution in [0.4, 0.5) is 0 Å². The molecular formula is C24H38N4O3S. The van der Waals surface area contributed by atoms with Crippen LogP contribution in [0.2, 0.25) is 0 Å². The molecule has 1 aliphatic rings. The van der Waals surface area contributed by atoms with Crippen molar-refractivity contribution in [2.75, 3.05) is 25.1 Å². The van der Waals surface area contributed by atoms with Crippen molar-refractivity contribution in [1.82, 2.24) is 15.5 Å². The number of hydrogen-bond donors (Lipinski definition) is 3. The van der Waals surface area contributed by atoms with Gasteiger partial charge in [-0.1, -0.05) is 44.2 Å². The quantitative estimate of drug-likeness (QED) is 0.495. The molecule has 1 aromatic carbocycles. The minimum atomic E-state index is -0.603. The van der Waals surface area contributed by atoms with Gasteiger partial charge >= 0.3 is 0 Å². The minimum absolute atomic E-state index is 0.0350. The van der Waals surface area contributed by atoms with E-state index in [2.05, 4.69) is 10.6 Å². The smallest absolute Gasteiger partial charge is 0.243 e. The number of nitrogens with two attached hydrogens (primary N) is 1. The molecule has 7 nitrogen and oxygen atoms in total. The molecule has 178 valence electrons. The number of carbonyl (C=O) groups excluding carboxylic acids is 3. The van der Waals surface area contributed by atoms with Crippen LogP contribution in [0.3, 0.4) is 0 Å². The molecule has 3 unspecified atom stereocenters. The SMILES string of the molecule is CSCCC(N)C(=O)N1CCC(C(=O)NC(C(=O)NC(C)c2ccccc2)C(C)C)CC1. The average Bonchev–Trinajstić information content (AvgIpc) is 2.80. The maximum atomic E-state index is 12.9. The van der Waals surface area contributed by atoms with E-state index in [-0.39, 0.29) is 35.6 Å². The van der Waals surface area contributed by atoms with Crippen LogP contribution in [0.5, 0.6) is 0 Å². The normalized spacial score (nSPS) is 17.5. The molecule has 0 bridgehead atoms. The molecule has 4 N–H and O–H groups in total. The topological polar surface area (TPSA) is 105 Å². The van der Waals surface area contributed by atoms with E-state index in [4.69, 9.17) is 5.73 Å². The molecule has 1 heterocycles. The zero-order valence-electron chi connectivity index (χ0n) is 19.7. The number of carbonyl (C=O) groups is 3. The van der Waals surface area contributed by atoms with E-state index in [1.807, 2.05) is 57.4 Å². The summed E-state index contributed by atoms with van der Waals surface area (Å²) in [4.78, 5) is 40.1. The van der Waals surface area contributed by atoms with E-state index < -0.39 is 12.1 Å². The third kappa shape index (κ3) is 7.52. The monoisotopic (exact) mass is 462 g/mol. The van der Waals surface area contributed by atoms with Gasteiger partial charge in [-0.05, 0) is 49.7 Å². The fourth-order valence-corrected chi connectivity index (χ4v) is 4.39. The van der Waals surface area contributed by atoms with Crippen molar-refractivity contribution in [1.29, 1.82) is 0 Å². The molecule has 1 aliphatic heterocycles. The summed E-state index contributed by atoms with van der Waals surface area (Å²) in [5.74, 6) is 0.266. The van der Waals surface area contributed by atoms with Gasteiger partial charge in [-0.25, -0.2) is 0 Å². The Balaban J connectivity index is 1.88. The van der Waals surface area contributed by atoms with E-state index >= 15 is 0 Å². The summed E-state index contributed by atoms with van der Waals surface area (Å²) in [5, 5.41) is 5.97. The number of rotatable bonds is 10. The molecule has 3 amide bonds. The van der Waals surface area contributed by atoms with E-state index in [1.54, 1.807) is 16.7 Å². The molecule has 3 atom stereocenters. The number of likely N-dealkylation sites (tertiary alicyclic amines) is 1. The second kappa shape index (κ2) is 12.8. The highest BCUT2D eigenvalue weighted by Gasteiger charge is 2.32. The van der Waals surface area contributed by atoms with E-state index in [0.29, 0.717) is 32.4 Å². The zero-order chi connectivity index (χ0) is 23.7. The molecule has 0 saturated carbocycles. The Kier molecular flexibility index (Phi) is 10.5. The molecule has 0 aromatic heterocycles. The molecular weight excluding hydrogens is 424 g/mol. The molecule has 1 aromatic rings. The van der Waals surface area contributed by atoms with Crippen LogP contribution >= 0.6 is 11.8 Å². The lowest BCUT2D eigenvalue weighted by atomic mass is 9.93. The fraction of sp³-hybridized carbons (Fsp3) is 0.625. The highest BCUT2D eigenvalue weighted by molar-refractivity contribution is 7.98. The van der Waals surface area contributed by atoms with Gasteiger partial charge in [0.1, 0.15) is 6.04 Å². The Morgan fingerprint density at radius 2 is 1.72 bits per heavy atom. The number of piperidine rings is 1. The first-order valence-corrected chi connectivity index (χ1v) is 12.8. The van der Waals surface area contributed by atoms with Gasteiger partial charge in [0.2, 0.25) is 17.7 Å². The lowest BCUT2D eigenvalue weighted by Gasteiger charge is -2.34. The Labute approximate surface area is 196 Å². The standard InChI is InChI=1S/C24H38N4O3S/c1-16(2)21(23(30)26-17(3)18-8-6-5-7-9-18)27-22(29)19-10-13-28(14-11-19)24(31)20(25)12-15-32-4/h5-9,16-17,19-21H,10-15,25H2,1-4H3,(H,26,30)(H,27,29). The fourth-order valence-electron chi connectivity index (χ4n) is 3.90. The summed E-state index contributed by atoms with van der Waals surface area (Å²) >= 11 is 1.67. The predicted molar refractivity (Wildman–Crippen MR) is 130 cm³/mol. The van der Waals surface area contributed by atoms with Crippen molar-refractivity contribution in [3.63, 3.8) is 0 Å². The van der Waals surface area contributed by atoms with Gasteiger partial charge in [0, 0.05) is 19.0 Å². The second-order valence-electron chi connectivity index (χ2n) is 8.86. The van der Waals surface area contributed by atoms with Crippen molar-refractivity contribution in [3.05, 3.63) is 35.9 Å². The van der Waals surface area contributed by atoms with Crippen molar-refractivity contribution in [2.45, 2.75) is 58.2 Å². The van der Waals surface area contributed by atoms with Gasteiger partial charge < -0.3 is 21.3 Å². The molecule has 0 radical (unpaired) electrons. The van der Waals surface area contributed by atoms with Crippen molar-refractivity contribution < 1.29 is 14.4 Å². The van der Waals surface area contributed by atoms with E-state index in [1.165, 1.54) is 0 Å². The molecule has 1 fully saturated rings. The van der Waals surface area contributed by atoms with Crippen LogP contribution in [0.15, 0.2) is 30.3 Å². The second-order valence-corrected chi connectivity index (χ2v) is 9.84. The van der Waals surface area contributed by atoms with Crippen LogP contribution < -0.4 is 16.4 Å². The number of benzene rings is 1. The summed E-state index contributed by atoms with van der Waals surface area (Å²) in [6, 6.07) is 8.52. The van der Waals surface area contributed by atoms with Gasteiger partial charge in [-0.15, -0.1) is 0 Å². The van der Waals surface area contributed by atoms with Crippen molar-refractivity contribution >= 4 is 29.5 Å². The first-order valence-electron chi connectivity index (χ1n) is 11.4. The summed E-state index contributed by atoms with van der Waals surface area (Å²) in [6.07, 6.45) is 3.82. The number of amides is 3. The van der Waals surface area contributed by atoms with Crippen molar-refractivity contribution in [2.24, 2.45) is 17.6 Å². The molecule has 1 saturated heterocycles. The number of nitrogens with one attached hydrogen (secondary N) is 2. The average molecular weight is 463 g/mol. The summed E-state index contributed by atoms with van der Waals surface area (Å²) < 4.78 is 0. The Morgan fingerprint density at radius 1 is 1.09 bits per heavy atom. The largest absolute Gasteiger partial charge is 0.348 e. The third-order valence-electron chi connectivity index (χ3n) is 6.03. The Morgan fingerprint density at radius 3 is 2.28 bits per heavy atom. The zero-order valence-corrected chi connectivity index (χ0v) is 20.5. The molecule has 2 rings (SSSR count). The van der Waals surface area contributed by atoms with E-state index in [0.717, 1.165) is 11.3 Å². The van der Waals surface area contributed by atoms with Gasteiger partial charge in [0.05, 0.1) is 12.1 Å². The molecule has 8 heteroatoms. The predicted octanol–water partition coefficient (Wildman–Crippen LogP) is 2.32. The van der Waals surface area contributed by atoms with Crippen LogP contribution in [-0.2, 0) is 14.4 Å². The highest BCUT2D eigenvalue weighted by Crippen LogP contribution is 2.20. The van der Waals surface area contributed by atoms with Gasteiger partial charge in [0.15, 0.2) is 0 Å². The lowest BCUT2D eigenvalue weighted by Crippen LogP contribution is -2.53. The summed E-state index contributed by atoms with van der Waals surface area (Å²) in [5.41, 5.74) is 7.03. The minimum Gasteiger partial charge on any atom is -0.348 e. The third-order valence-corrected chi connectivity index (χ3v) is 6.68. The molecule has 0 aliphatic carbocycles. The van der Waals surface area contributed by atoms with Crippen molar-refractivity contribution in [3.8, 4) is 0 Å². The van der Waals surface area contributed by atoms with Crippen LogP contribution in [0.1, 0.15) is 51.6 Å². The van der Waals surface area contributed by atoms with Crippen LogP contribution in [0.25, 0.3) is 0 Å². The maximum absolute atomic E-state index is 12.9. The Hall–Kier alpha value is -2.06. The van der Waals surface area contributed by atoms with Crippen LogP contribution in [-0.4, -0.2) is 59.8 Å². The number of hydrogen-bond acceptors (Lipinski definition) is 5. The first-order chi connectivity index (χ1) is 15.2. The molecule has 32 heavy (non-hydrogen) atoms. The maximum Gasteiger partial charge on any atom is 0.243 e. The lowest BCUT2D eigenvalue weighted by molar-refractivity contribution is -0.137. The van der Waals surface area contributed by atoms with Gasteiger partial charge in [-0.3, -0.25) is 14.4 Å². The van der Waals surface area contributed by atoms with Gasteiger partial charge in [-0.2, -0.15) is 11.8 Å². The van der Waals surface area contributed by atoms with E-state index in [9.17, 15) is 14.4 Å².